The van der Waals surface area contributed by atoms with Crippen molar-refractivity contribution in [2.24, 2.45) is 0 Å². The zero-order valence-corrected chi connectivity index (χ0v) is 17.6. The van der Waals surface area contributed by atoms with E-state index >= 15 is 0 Å². The highest BCUT2D eigenvalue weighted by molar-refractivity contribution is 5.81. The molecule has 0 radical (unpaired) electrons. The van der Waals surface area contributed by atoms with E-state index in [4.69, 9.17) is 4.74 Å². The molecule has 1 amide bonds. The maximum Gasteiger partial charge on any atom is 0.263 e. The number of nitrogens with zero attached hydrogens (tertiary/aromatic N) is 4. The summed E-state index contributed by atoms with van der Waals surface area (Å²) in [6, 6.07) is 15.5. The quantitative estimate of drug-likeness (QED) is 0.628. The molecule has 30 heavy (non-hydrogen) atoms. The molecular formula is C24H28N4O2. The number of piperazine rings is 1. The van der Waals surface area contributed by atoms with Gasteiger partial charge < -0.3 is 9.64 Å². The van der Waals surface area contributed by atoms with Gasteiger partial charge in [0, 0.05) is 31.7 Å². The lowest BCUT2D eigenvalue weighted by atomic mass is 10.1. The van der Waals surface area contributed by atoms with Crippen LogP contribution < -0.4 is 4.74 Å². The number of hydrogen-bond donors (Lipinski definition) is 0. The third-order valence-electron chi connectivity index (χ3n) is 5.48. The van der Waals surface area contributed by atoms with Gasteiger partial charge >= 0.3 is 0 Å². The van der Waals surface area contributed by atoms with Gasteiger partial charge in [-0.25, -0.2) is 4.98 Å². The van der Waals surface area contributed by atoms with Gasteiger partial charge in [0.1, 0.15) is 5.75 Å². The smallest absolute Gasteiger partial charge is 0.263 e. The number of para-hydroxylation sites is 2. The first kappa shape index (κ1) is 20.3. The van der Waals surface area contributed by atoms with E-state index in [0.717, 1.165) is 61.4 Å². The predicted molar refractivity (Wildman–Crippen MR) is 118 cm³/mol. The Morgan fingerprint density at radius 1 is 1.03 bits per heavy atom. The molecule has 1 aliphatic rings. The zero-order chi connectivity index (χ0) is 20.9. The normalized spacial score (nSPS) is 15.9. The minimum atomic E-state index is -0.506. The van der Waals surface area contributed by atoms with E-state index in [1.165, 1.54) is 0 Å². The number of carbonyl (C=O) groups is 1. The first-order valence-corrected chi connectivity index (χ1v) is 10.6. The average Bonchev–Trinajstić information content (AvgIpc) is 2.79. The molecule has 0 N–H and O–H groups in total. The number of hydrogen-bond acceptors (Lipinski definition) is 5. The van der Waals surface area contributed by atoms with Gasteiger partial charge in [0.25, 0.3) is 5.91 Å². The summed E-state index contributed by atoms with van der Waals surface area (Å²) in [7, 11) is 0. The molecule has 1 aromatic heterocycles. The molecule has 1 fully saturated rings. The van der Waals surface area contributed by atoms with Gasteiger partial charge in [0.05, 0.1) is 22.9 Å². The number of benzene rings is 2. The number of amides is 1. The maximum absolute atomic E-state index is 12.7. The second-order valence-electron chi connectivity index (χ2n) is 7.70. The van der Waals surface area contributed by atoms with Crippen LogP contribution >= 0.6 is 0 Å². The minimum absolute atomic E-state index is 0.0515. The Labute approximate surface area is 177 Å². The van der Waals surface area contributed by atoms with Crippen LogP contribution in [-0.4, -0.2) is 64.5 Å². The summed E-state index contributed by atoms with van der Waals surface area (Å²) < 4.78 is 5.92. The number of aromatic nitrogens is 2. The molecule has 2 heterocycles. The van der Waals surface area contributed by atoms with E-state index in [9.17, 15) is 4.79 Å². The van der Waals surface area contributed by atoms with Crippen molar-refractivity contribution in [3.8, 4) is 17.0 Å². The standard InChI is InChI=1S/C24H28N4O2/c1-3-12-27-13-15-28(16-14-27)24(29)18(2)30-20-10-8-19(9-11-20)23-17-25-21-6-4-5-7-22(21)26-23/h4-11,17-18H,3,12-16H2,1-2H3/t18-/m1/s1. The Kier molecular flexibility index (Phi) is 6.23. The van der Waals surface area contributed by atoms with Gasteiger partial charge in [-0.3, -0.25) is 14.7 Å². The first-order valence-electron chi connectivity index (χ1n) is 10.6. The van der Waals surface area contributed by atoms with Crippen LogP contribution in [0.1, 0.15) is 20.3 Å². The van der Waals surface area contributed by atoms with Crippen molar-refractivity contribution < 1.29 is 9.53 Å². The fourth-order valence-corrected chi connectivity index (χ4v) is 3.82. The minimum Gasteiger partial charge on any atom is -0.481 e. The molecule has 0 saturated carbocycles. The lowest BCUT2D eigenvalue weighted by Crippen LogP contribution is -2.51. The lowest BCUT2D eigenvalue weighted by molar-refractivity contribution is -0.139. The summed E-state index contributed by atoms with van der Waals surface area (Å²) in [6.07, 6.45) is 2.42. The van der Waals surface area contributed by atoms with Crippen molar-refractivity contribution in [2.75, 3.05) is 32.7 Å². The van der Waals surface area contributed by atoms with E-state index in [1.807, 2.05) is 60.4 Å². The highest BCUT2D eigenvalue weighted by Crippen LogP contribution is 2.23. The molecule has 156 valence electrons. The fraction of sp³-hybridized carbons (Fsp3) is 0.375. The molecule has 0 unspecified atom stereocenters. The van der Waals surface area contributed by atoms with Gasteiger partial charge in [-0.05, 0) is 56.3 Å². The van der Waals surface area contributed by atoms with Crippen molar-refractivity contribution in [2.45, 2.75) is 26.4 Å². The Balaban J connectivity index is 1.37. The summed E-state index contributed by atoms with van der Waals surface area (Å²) in [6.45, 7) is 8.52. The monoisotopic (exact) mass is 404 g/mol. The molecule has 1 aliphatic heterocycles. The Morgan fingerprint density at radius 3 is 2.43 bits per heavy atom. The van der Waals surface area contributed by atoms with Crippen LogP contribution in [-0.2, 0) is 4.79 Å². The van der Waals surface area contributed by atoms with Crippen LogP contribution in [0.25, 0.3) is 22.3 Å². The average molecular weight is 405 g/mol. The zero-order valence-electron chi connectivity index (χ0n) is 17.6. The van der Waals surface area contributed by atoms with Crippen LogP contribution in [0.3, 0.4) is 0 Å². The summed E-state index contributed by atoms with van der Waals surface area (Å²) in [5.41, 5.74) is 3.53. The number of ether oxygens (including phenoxy) is 1. The van der Waals surface area contributed by atoms with Crippen molar-refractivity contribution in [1.82, 2.24) is 19.8 Å². The summed E-state index contributed by atoms with van der Waals surface area (Å²) in [5, 5.41) is 0. The molecule has 1 saturated heterocycles. The van der Waals surface area contributed by atoms with Crippen molar-refractivity contribution in [1.29, 1.82) is 0 Å². The van der Waals surface area contributed by atoms with Crippen molar-refractivity contribution in [3.63, 3.8) is 0 Å². The van der Waals surface area contributed by atoms with Gasteiger partial charge in [-0.15, -0.1) is 0 Å². The van der Waals surface area contributed by atoms with E-state index in [-0.39, 0.29) is 5.91 Å². The summed E-state index contributed by atoms with van der Waals surface area (Å²) >= 11 is 0. The van der Waals surface area contributed by atoms with Gasteiger partial charge in [-0.1, -0.05) is 19.1 Å². The van der Waals surface area contributed by atoms with Crippen LogP contribution in [0.15, 0.2) is 54.7 Å². The molecule has 4 rings (SSSR count). The molecule has 3 aromatic rings. The van der Waals surface area contributed by atoms with E-state index in [0.29, 0.717) is 5.75 Å². The highest BCUT2D eigenvalue weighted by atomic mass is 16.5. The van der Waals surface area contributed by atoms with Gasteiger partial charge in [0.15, 0.2) is 6.10 Å². The predicted octanol–water partition coefficient (Wildman–Crippen LogP) is 3.62. The largest absolute Gasteiger partial charge is 0.481 e. The number of carbonyl (C=O) groups excluding carboxylic acids is 1. The van der Waals surface area contributed by atoms with Gasteiger partial charge in [0.2, 0.25) is 0 Å². The van der Waals surface area contributed by atoms with Crippen LogP contribution in [0.2, 0.25) is 0 Å². The Hall–Kier alpha value is -2.99. The Morgan fingerprint density at radius 2 is 1.73 bits per heavy atom. The molecule has 6 nitrogen and oxygen atoms in total. The molecule has 1 atom stereocenters. The molecule has 0 bridgehead atoms. The molecule has 6 heteroatoms. The lowest BCUT2D eigenvalue weighted by Gasteiger charge is -2.35. The van der Waals surface area contributed by atoms with Gasteiger partial charge in [-0.2, -0.15) is 0 Å². The van der Waals surface area contributed by atoms with Crippen LogP contribution in [0.5, 0.6) is 5.75 Å². The second-order valence-corrected chi connectivity index (χ2v) is 7.70. The maximum atomic E-state index is 12.7. The molecule has 0 aliphatic carbocycles. The second kappa shape index (κ2) is 9.22. The number of fused-ring (bicyclic) bond motifs is 1. The van der Waals surface area contributed by atoms with Crippen LogP contribution in [0.4, 0.5) is 0 Å². The Bertz CT molecular complexity index is 998. The fourth-order valence-electron chi connectivity index (χ4n) is 3.82. The van der Waals surface area contributed by atoms with Crippen molar-refractivity contribution in [3.05, 3.63) is 54.7 Å². The highest BCUT2D eigenvalue weighted by Gasteiger charge is 2.25. The molecule has 0 spiro atoms. The molecule has 2 aromatic carbocycles. The van der Waals surface area contributed by atoms with Crippen LogP contribution in [0, 0.1) is 0 Å². The first-order chi connectivity index (χ1) is 14.6. The van der Waals surface area contributed by atoms with Crippen molar-refractivity contribution >= 4 is 16.9 Å². The molecular weight excluding hydrogens is 376 g/mol. The van der Waals surface area contributed by atoms with E-state index in [2.05, 4.69) is 21.8 Å². The third-order valence-corrected chi connectivity index (χ3v) is 5.48. The van der Waals surface area contributed by atoms with E-state index in [1.54, 1.807) is 6.20 Å². The third kappa shape index (κ3) is 4.60. The number of rotatable bonds is 6. The SMILES string of the molecule is CCCN1CCN(C(=O)[C@@H](C)Oc2ccc(-c3cnc4ccccc4n3)cc2)CC1. The summed E-state index contributed by atoms with van der Waals surface area (Å²) in [5.74, 6) is 0.730. The topological polar surface area (TPSA) is 58.6 Å². The van der Waals surface area contributed by atoms with E-state index < -0.39 is 6.10 Å². The summed E-state index contributed by atoms with van der Waals surface area (Å²) in [4.78, 5) is 26.2.